The lowest BCUT2D eigenvalue weighted by Crippen LogP contribution is -2.41. The summed E-state index contributed by atoms with van der Waals surface area (Å²) in [5, 5.41) is 6.48. The number of aromatic nitrogens is 2. The van der Waals surface area contributed by atoms with Gasteiger partial charge in [-0.2, -0.15) is 5.10 Å². The maximum absolute atomic E-state index is 12.3. The molecule has 0 fully saturated rings. The number of methoxy groups -OCH3 is 1. The van der Waals surface area contributed by atoms with Gasteiger partial charge in [0, 0.05) is 25.9 Å². The van der Waals surface area contributed by atoms with E-state index in [-0.39, 0.29) is 11.9 Å². The third-order valence-electron chi connectivity index (χ3n) is 2.93. The molecule has 0 bridgehead atoms. The number of carbonyl (C=O) groups excluding carboxylic acids is 1. The summed E-state index contributed by atoms with van der Waals surface area (Å²) in [7, 11) is 1.65. The first kappa shape index (κ1) is 13.7. The van der Waals surface area contributed by atoms with E-state index in [9.17, 15) is 4.79 Å². The number of nitrogens with one attached hydrogen (secondary N) is 1. The van der Waals surface area contributed by atoms with E-state index in [1.54, 1.807) is 19.5 Å². The first-order chi connectivity index (χ1) is 8.24. The van der Waals surface area contributed by atoms with Gasteiger partial charge < -0.3 is 9.64 Å². The minimum Gasteiger partial charge on any atom is -0.383 e. The number of ether oxygens (including phenoxy) is 1. The molecule has 0 atom stereocenters. The van der Waals surface area contributed by atoms with Crippen molar-refractivity contribution in [1.82, 2.24) is 15.1 Å². The van der Waals surface area contributed by atoms with E-state index in [4.69, 9.17) is 4.74 Å². The lowest BCUT2D eigenvalue weighted by molar-refractivity contribution is 0.0589. The van der Waals surface area contributed by atoms with Gasteiger partial charge in [0.1, 0.15) is 0 Å². The number of carbonyl (C=O) groups is 1. The molecule has 0 aliphatic carbocycles. The van der Waals surface area contributed by atoms with Crippen LogP contribution in [0.3, 0.4) is 0 Å². The van der Waals surface area contributed by atoms with Gasteiger partial charge in [-0.3, -0.25) is 9.89 Å². The Morgan fingerprint density at radius 1 is 1.53 bits per heavy atom. The van der Waals surface area contributed by atoms with Crippen LogP contribution in [-0.2, 0) is 4.74 Å². The fraction of sp³-hybridized carbons (Fsp3) is 0.667. The second-order valence-corrected chi connectivity index (χ2v) is 3.95. The van der Waals surface area contributed by atoms with Crippen molar-refractivity contribution in [2.45, 2.75) is 32.7 Å². The Morgan fingerprint density at radius 3 is 2.71 bits per heavy atom. The number of H-pyrrole nitrogens is 1. The van der Waals surface area contributed by atoms with E-state index < -0.39 is 0 Å². The van der Waals surface area contributed by atoms with Crippen molar-refractivity contribution in [2.75, 3.05) is 20.3 Å². The summed E-state index contributed by atoms with van der Waals surface area (Å²) in [5.74, 6) is 0.0181. The lowest BCUT2D eigenvalue weighted by atomic mass is 10.1. The van der Waals surface area contributed by atoms with Crippen LogP contribution >= 0.6 is 0 Å². The zero-order valence-corrected chi connectivity index (χ0v) is 10.8. The summed E-state index contributed by atoms with van der Waals surface area (Å²) in [4.78, 5) is 14.2. The molecule has 0 aliphatic rings. The molecular formula is C12H21N3O2. The van der Waals surface area contributed by atoms with Crippen molar-refractivity contribution in [3.05, 3.63) is 18.0 Å². The highest BCUT2D eigenvalue weighted by Gasteiger charge is 2.22. The summed E-state index contributed by atoms with van der Waals surface area (Å²) < 4.78 is 5.06. The predicted molar refractivity (Wildman–Crippen MR) is 65.9 cm³/mol. The molecule has 5 heteroatoms. The van der Waals surface area contributed by atoms with Crippen LogP contribution in [0.5, 0.6) is 0 Å². The van der Waals surface area contributed by atoms with E-state index in [1.165, 1.54) is 0 Å². The fourth-order valence-electron chi connectivity index (χ4n) is 1.90. The fourth-order valence-corrected chi connectivity index (χ4v) is 1.90. The highest BCUT2D eigenvalue weighted by atomic mass is 16.5. The Morgan fingerprint density at radius 2 is 2.24 bits per heavy atom. The van der Waals surface area contributed by atoms with Crippen LogP contribution in [0.1, 0.15) is 37.0 Å². The summed E-state index contributed by atoms with van der Waals surface area (Å²) in [6.07, 6.45) is 5.09. The topological polar surface area (TPSA) is 58.2 Å². The van der Waals surface area contributed by atoms with E-state index in [0.29, 0.717) is 18.7 Å². The van der Waals surface area contributed by atoms with E-state index in [1.807, 2.05) is 4.90 Å². The average Bonchev–Trinajstić information content (AvgIpc) is 2.87. The minimum atomic E-state index is 0.0181. The van der Waals surface area contributed by atoms with E-state index in [0.717, 1.165) is 12.8 Å². The number of rotatable bonds is 7. The van der Waals surface area contributed by atoms with Gasteiger partial charge in [0.05, 0.1) is 18.4 Å². The molecule has 1 N–H and O–H groups in total. The number of amides is 1. The van der Waals surface area contributed by atoms with Gasteiger partial charge in [-0.15, -0.1) is 0 Å². The summed E-state index contributed by atoms with van der Waals surface area (Å²) in [6.45, 7) is 5.36. The Bertz CT molecular complexity index is 321. The van der Waals surface area contributed by atoms with Crippen molar-refractivity contribution >= 4 is 5.91 Å². The molecule has 0 aliphatic heterocycles. The Hall–Kier alpha value is -1.36. The molecular weight excluding hydrogens is 218 g/mol. The Balaban J connectivity index is 2.77. The highest BCUT2D eigenvalue weighted by molar-refractivity contribution is 5.93. The van der Waals surface area contributed by atoms with Gasteiger partial charge >= 0.3 is 0 Å². The SMILES string of the molecule is CCC(CC)N(CCOC)C(=O)c1cn[nH]c1. The van der Waals surface area contributed by atoms with Crippen molar-refractivity contribution < 1.29 is 9.53 Å². The molecule has 0 radical (unpaired) electrons. The number of aromatic amines is 1. The molecule has 5 nitrogen and oxygen atoms in total. The maximum atomic E-state index is 12.3. The van der Waals surface area contributed by atoms with Crippen LogP contribution < -0.4 is 0 Å². The second kappa shape index (κ2) is 7.06. The number of hydrogen-bond acceptors (Lipinski definition) is 3. The minimum absolute atomic E-state index is 0.0181. The van der Waals surface area contributed by atoms with Gasteiger partial charge in [-0.1, -0.05) is 13.8 Å². The zero-order valence-electron chi connectivity index (χ0n) is 10.8. The molecule has 1 amide bonds. The molecule has 0 saturated heterocycles. The maximum Gasteiger partial charge on any atom is 0.257 e. The van der Waals surface area contributed by atoms with Crippen LogP contribution in [0.25, 0.3) is 0 Å². The molecule has 0 aromatic carbocycles. The lowest BCUT2D eigenvalue weighted by Gasteiger charge is -2.30. The van der Waals surface area contributed by atoms with E-state index in [2.05, 4.69) is 24.0 Å². The van der Waals surface area contributed by atoms with Crippen LogP contribution in [0, 0.1) is 0 Å². The Kier molecular flexibility index (Phi) is 5.69. The Labute approximate surface area is 102 Å². The van der Waals surface area contributed by atoms with Crippen molar-refractivity contribution in [3.63, 3.8) is 0 Å². The normalized spacial score (nSPS) is 10.8. The molecule has 1 aromatic rings. The van der Waals surface area contributed by atoms with Gasteiger partial charge in [0.15, 0.2) is 0 Å². The molecule has 17 heavy (non-hydrogen) atoms. The smallest absolute Gasteiger partial charge is 0.257 e. The summed E-state index contributed by atoms with van der Waals surface area (Å²) >= 11 is 0. The third kappa shape index (κ3) is 3.56. The second-order valence-electron chi connectivity index (χ2n) is 3.95. The molecule has 1 heterocycles. The molecule has 1 rings (SSSR count). The molecule has 1 aromatic heterocycles. The molecule has 96 valence electrons. The van der Waals surface area contributed by atoms with Gasteiger partial charge in [0.25, 0.3) is 5.91 Å². The standard InChI is InChI=1S/C12H21N3O2/c1-4-11(5-2)15(6-7-17-3)12(16)10-8-13-14-9-10/h8-9,11H,4-7H2,1-3H3,(H,13,14). The molecule has 0 unspecified atom stereocenters. The van der Waals surface area contributed by atoms with Gasteiger partial charge in [0.2, 0.25) is 0 Å². The van der Waals surface area contributed by atoms with Crippen LogP contribution in [0.15, 0.2) is 12.4 Å². The van der Waals surface area contributed by atoms with Crippen LogP contribution in [0.4, 0.5) is 0 Å². The quantitative estimate of drug-likeness (QED) is 0.787. The van der Waals surface area contributed by atoms with Crippen molar-refractivity contribution in [1.29, 1.82) is 0 Å². The first-order valence-electron chi connectivity index (χ1n) is 6.03. The zero-order chi connectivity index (χ0) is 12.7. The first-order valence-corrected chi connectivity index (χ1v) is 6.03. The van der Waals surface area contributed by atoms with Crippen molar-refractivity contribution in [3.8, 4) is 0 Å². The van der Waals surface area contributed by atoms with Crippen LogP contribution in [0.2, 0.25) is 0 Å². The number of nitrogens with zero attached hydrogens (tertiary/aromatic N) is 2. The summed E-state index contributed by atoms with van der Waals surface area (Å²) in [6, 6.07) is 0.257. The van der Waals surface area contributed by atoms with E-state index >= 15 is 0 Å². The largest absolute Gasteiger partial charge is 0.383 e. The summed E-state index contributed by atoms with van der Waals surface area (Å²) in [5.41, 5.74) is 0.605. The van der Waals surface area contributed by atoms with Crippen LogP contribution in [-0.4, -0.2) is 47.3 Å². The predicted octanol–water partition coefficient (Wildman–Crippen LogP) is 1.69. The molecule has 0 saturated carbocycles. The van der Waals surface area contributed by atoms with Gasteiger partial charge in [-0.25, -0.2) is 0 Å². The monoisotopic (exact) mass is 239 g/mol. The highest BCUT2D eigenvalue weighted by Crippen LogP contribution is 2.12. The molecule has 0 spiro atoms. The van der Waals surface area contributed by atoms with Crippen molar-refractivity contribution in [2.24, 2.45) is 0 Å². The third-order valence-corrected chi connectivity index (χ3v) is 2.93. The van der Waals surface area contributed by atoms with Gasteiger partial charge in [-0.05, 0) is 12.8 Å². The average molecular weight is 239 g/mol. The number of hydrogen-bond donors (Lipinski definition) is 1.